The summed E-state index contributed by atoms with van der Waals surface area (Å²) < 4.78 is 5.80. The van der Waals surface area contributed by atoms with Gasteiger partial charge >= 0.3 is 5.97 Å². The minimum Gasteiger partial charge on any atom is -0.508 e. The Labute approximate surface area is 147 Å². The van der Waals surface area contributed by atoms with Crippen molar-refractivity contribution in [3.8, 4) is 5.75 Å². The van der Waals surface area contributed by atoms with E-state index in [4.69, 9.17) is 4.74 Å². The topological polar surface area (TPSA) is 75.6 Å². The number of methoxy groups -OCH3 is 1. The predicted molar refractivity (Wildman–Crippen MR) is 94.2 cm³/mol. The molecule has 5 nitrogen and oxygen atoms in total. The lowest BCUT2D eigenvalue weighted by Gasteiger charge is -2.17. The maximum Gasteiger partial charge on any atom is 0.328 e. The number of hydrogen-bond donors (Lipinski definition) is 2. The summed E-state index contributed by atoms with van der Waals surface area (Å²) in [5.74, 6) is -0.826. The molecule has 6 heteroatoms. The lowest BCUT2D eigenvalue weighted by Crippen LogP contribution is -2.43. The molecule has 1 atom stereocenters. The highest BCUT2D eigenvalue weighted by molar-refractivity contribution is 14.1. The van der Waals surface area contributed by atoms with Gasteiger partial charge in [-0.1, -0.05) is 18.2 Å². The molecule has 0 unspecified atom stereocenters. The molecule has 0 aliphatic heterocycles. The van der Waals surface area contributed by atoms with Crippen molar-refractivity contribution in [3.63, 3.8) is 0 Å². The number of carbonyl (C=O) groups excluding carboxylic acids is 2. The van der Waals surface area contributed by atoms with E-state index < -0.39 is 17.9 Å². The van der Waals surface area contributed by atoms with Crippen LogP contribution >= 0.6 is 22.6 Å². The van der Waals surface area contributed by atoms with Crippen molar-refractivity contribution >= 4 is 34.5 Å². The van der Waals surface area contributed by atoms with Gasteiger partial charge in [-0.15, -0.1) is 0 Å². The minimum atomic E-state index is -0.780. The number of nitrogens with one attached hydrogen (secondary N) is 1. The van der Waals surface area contributed by atoms with Gasteiger partial charge in [-0.05, 0) is 58.5 Å². The SMILES string of the molecule is COC(=O)[C@@H](Cc1ccccc1I)NC(=O)c1ccc(O)cc1. The molecule has 0 aromatic heterocycles. The number of rotatable bonds is 5. The van der Waals surface area contributed by atoms with Crippen molar-refractivity contribution in [1.29, 1.82) is 0 Å². The molecule has 23 heavy (non-hydrogen) atoms. The van der Waals surface area contributed by atoms with E-state index in [0.29, 0.717) is 12.0 Å². The Morgan fingerprint density at radius 1 is 1.17 bits per heavy atom. The van der Waals surface area contributed by atoms with E-state index in [-0.39, 0.29) is 5.75 Å². The predicted octanol–water partition coefficient (Wildman–Crippen LogP) is 2.51. The van der Waals surface area contributed by atoms with Gasteiger partial charge in [0.1, 0.15) is 11.8 Å². The zero-order valence-corrected chi connectivity index (χ0v) is 14.6. The van der Waals surface area contributed by atoms with Crippen molar-refractivity contribution in [3.05, 3.63) is 63.2 Å². The highest BCUT2D eigenvalue weighted by atomic mass is 127. The summed E-state index contributed by atoms with van der Waals surface area (Å²) in [6.45, 7) is 0. The average molecular weight is 425 g/mol. The summed E-state index contributed by atoms with van der Waals surface area (Å²) in [5.41, 5.74) is 1.31. The summed E-state index contributed by atoms with van der Waals surface area (Å²) in [4.78, 5) is 24.2. The minimum absolute atomic E-state index is 0.0740. The van der Waals surface area contributed by atoms with Gasteiger partial charge in [-0.25, -0.2) is 4.79 Å². The Kier molecular flexibility index (Phi) is 5.97. The zero-order valence-electron chi connectivity index (χ0n) is 12.5. The van der Waals surface area contributed by atoms with E-state index in [1.807, 2.05) is 24.3 Å². The number of hydrogen-bond acceptors (Lipinski definition) is 4. The average Bonchev–Trinajstić information content (AvgIpc) is 2.56. The fourth-order valence-electron chi connectivity index (χ4n) is 2.07. The highest BCUT2D eigenvalue weighted by Crippen LogP contribution is 2.15. The normalized spacial score (nSPS) is 11.6. The maximum atomic E-state index is 12.3. The fourth-order valence-corrected chi connectivity index (χ4v) is 2.68. The Hall–Kier alpha value is -2.09. The first-order chi connectivity index (χ1) is 11.0. The number of halogens is 1. The first kappa shape index (κ1) is 17.3. The van der Waals surface area contributed by atoms with Gasteiger partial charge in [0.2, 0.25) is 0 Å². The fraction of sp³-hybridized carbons (Fsp3) is 0.176. The van der Waals surface area contributed by atoms with Crippen LogP contribution in [-0.2, 0) is 16.0 Å². The Morgan fingerprint density at radius 2 is 1.83 bits per heavy atom. The molecule has 0 heterocycles. The van der Waals surface area contributed by atoms with Gasteiger partial charge in [-0.3, -0.25) is 4.79 Å². The van der Waals surface area contributed by atoms with Gasteiger partial charge in [0.05, 0.1) is 7.11 Å². The number of benzene rings is 2. The van der Waals surface area contributed by atoms with Gasteiger partial charge in [0, 0.05) is 15.6 Å². The molecule has 0 spiro atoms. The number of amides is 1. The maximum absolute atomic E-state index is 12.3. The number of carbonyl (C=O) groups is 2. The summed E-state index contributed by atoms with van der Waals surface area (Å²) in [6, 6.07) is 12.7. The van der Waals surface area contributed by atoms with Crippen LogP contribution in [0.3, 0.4) is 0 Å². The number of phenolic OH excluding ortho intramolecular Hbond substituents is 1. The number of phenols is 1. The molecule has 2 aromatic rings. The monoisotopic (exact) mass is 425 g/mol. The Balaban J connectivity index is 2.16. The second kappa shape index (κ2) is 7.96. The molecule has 0 radical (unpaired) electrons. The lowest BCUT2D eigenvalue weighted by molar-refractivity contribution is -0.142. The highest BCUT2D eigenvalue weighted by Gasteiger charge is 2.23. The van der Waals surface area contributed by atoms with Crippen molar-refractivity contribution < 1.29 is 19.4 Å². The van der Waals surface area contributed by atoms with Gasteiger partial charge < -0.3 is 15.2 Å². The second-order valence-corrected chi connectivity index (χ2v) is 6.05. The van der Waals surface area contributed by atoms with E-state index in [1.165, 1.54) is 31.4 Å². The van der Waals surface area contributed by atoms with Gasteiger partial charge in [-0.2, -0.15) is 0 Å². The molecule has 2 N–H and O–H groups in total. The molecule has 0 bridgehead atoms. The van der Waals surface area contributed by atoms with Crippen LogP contribution in [0.1, 0.15) is 15.9 Å². The lowest BCUT2D eigenvalue weighted by atomic mass is 10.1. The van der Waals surface area contributed by atoms with E-state index in [2.05, 4.69) is 27.9 Å². The van der Waals surface area contributed by atoms with E-state index in [1.54, 1.807) is 0 Å². The third-order valence-electron chi connectivity index (χ3n) is 3.30. The van der Waals surface area contributed by atoms with Crippen LogP contribution in [0.15, 0.2) is 48.5 Å². The summed E-state index contributed by atoms with van der Waals surface area (Å²) in [5, 5.41) is 11.9. The summed E-state index contributed by atoms with van der Waals surface area (Å²) in [7, 11) is 1.29. The van der Waals surface area contributed by atoms with E-state index in [0.717, 1.165) is 9.13 Å². The van der Waals surface area contributed by atoms with Crippen LogP contribution in [0, 0.1) is 3.57 Å². The van der Waals surface area contributed by atoms with Gasteiger partial charge in [0.15, 0.2) is 0 Å². The summed E-state index contributed by atoms with van der Waals surface area (Å²) >= 11 is 2.19. The Morgan fingerprint density at radius 3 is 2.43 bits per heavy atom. The molecule has 0 saturated carbocycles. The van der Waals surface area contributed by atoms with Crippen molar-refractivity contribution in [2.75, 3.05) is 7.11 Å². The molecular weight excluding hydrogens is 409 g/mol. The van der Waals surface area contributed by atoms with Crippen molar-refractivity contribution in [2.24, 2.45) is 0 Å². The van der Waals surface area contributed by atoms with E-state index in [9.17, 15) is 14.7 Å². The molecular formula is C17H16INO4. The number of aromatic hydroxyl groups is 1. The first-order valence-corrected chi connectivity index (χ1v) is 8.00. The smallest absolute Gasteiger partial charge is 0.328 e. The number of ether oxygens (including phenoxy) is 1. The van der Waals surface area contributed by atoms with Crippen LogP contribution in [0.4, 0.5) is 0 Å². The summed E-state index contributed by atoms with van der Waals surface area (Å²) in [6.07, 6.45) is 0.343. The molecule has 2 rings (SSSR count). The van der Waals surface area contributed by atoms with Crippen LogP contribution in [0.25, 0.3) is 0 Å². The van der Waals surface area contributed by atoms with Crippen molar-refractivity contribution in [2.45, 2.75) is 12.5 Å². The molecule has 0 saturated heterocycles. The quantitative estimate of drug-likeness (QED) is 0.571. The molecule has 0 aliphatic carbocycles. The van der Waals surface area contributed by atoms with Crippen molar-refractivity contribution in [1.82, 2.24) is 5.32 Å². The largest absolute Gasteiger partial charge is 0.508 e. The third-order valence-corrected chi connectivity index (χ3v) is 4.35. The molecule has 120 valence electrons. The molecule has 2 aromatic carbocycles. The molecule has 0 aliphatic rings. The Bertz CT molecular complexity index is 700. The molecule has 1 amide bonds. The van der Waals surface area contributed by atoms with Crippen LogP contribution in [0.5, 0.6) is 5.75 Å². The standard InChI is InChI=1S/C17H16INO4/c1-23-17(22)15(10-12-4-2-3-5-14(12)18)19-16(21)11-6-8-13(20)9-7-11/h2-9,15,20H,10H2,1H3,(H,19,21)/t15-/m1/s1. The van der Waals surface area contributed by atoms with Crippen LogP contribution < -0.4 is 5.32 Å². The second-order valence-electron chi connectivity index (χ2n) is 4.89. The van der Waals surface area contributed by atoms with Gasteiger partial charge in [0.25, 0.3) is 5.91 Å². The van der Waals surface area contributed by atoms with Crippen LogP contribution in [-0.4, -0.2) is 30.1 Å². The third kappa shape index (κ3) is 4.69. The number of esters is 1. The zero-order chi connectivity index (χ0) is 16.8. The van der Waals surface area contributed by atoms with E-state index >= 15 is 0 Å². The molecule has 0 fully saturated rings. The first-order valence-electron chi connectivity index (χ1n) is 6.92. The van der Waals surface area contributed by atoms with Crippen LogP contribution in [0.2, 0.25) is 0 Å².